The maximum Gasteiger partial charge on any atom is 0.282 e. The van der Waals surface area contributed by atoms with Crippen LogP contribution in [-0.4, -0.2) is 42.9 Å². The maximum absolute atomic E-state index is 13.8. The van der Waals surface area contributed by atoms with Crippen molar-refractivity contribution in [3.63, 3.8) is 0 Å². The molecule has 1 fully saturated rings. The number of hydrogen-bond acceptors (Lipinski definition) is 4. The van der Waals surface area contributed by atoms with E-state index >= 15 is 0 Å². The number of anilines is 2. The minimum absolute atomic E-state index is 0.237. The smallest absolute Gasteiger partial charge is 0.282 e. The number of para-hydroxylation sites is 1. The van der Waals surface area contributed by atoms with E-state index in [4.69, 9.17) is 0 Å². The van der Waals surface area contributed by atoms with Crippen LogP contribution in [0.1, 0.15) is 22.3 Å². The van der Waals surface area contributed by atoms with Gasteiger partial charge in [-0.05, 0) is 55.7 Å². The Kier molecular flexibility index (Phi) is 5.70. The molecule has 0 radical (unpaired) electrons. The Morgan fingerprint density at radius 2 is 1.32 bits per heavy atom. The summed E-state index contributed by atoms with van der Waals surface area (Å²) in [7, 11) is 0. The molecule has 0 N–H and O–H groups in total. The molecule has 2 aliphatic rings. The van der Waals surface area contributed by atoms with Gasteiger partial charge in [-0.25, -0.2) is 4.90 Å². The maximum atomic E-state index is 13.8. The van der Waals surface area contributed by atoms with E-state index in [1.165, 1.54) is 16.2 Å². The molecule has 2 amide bonds. The fourth-order valence-corrected chi connectivity index (χ4v) is 4.84. The minimum atomic E-state index is -0.251. The van der Waals surface area contributed by atoms with Crippen molar-refractivity contribution in [1.29, 1.82) is 0 Å². The van der Waals surface area contributed by atoms with Gasteiger partial charge in [-0.15, -0.1) is 0 Å². The Hall–Kier alpha value is -3.86. The average molecular weight is 452 g/mol. The van der Waals surface area contributed by atoms with E-state index in [0.29, 0.717) is 30.0 Å². The van der Waals surface area contributed by atoms with Crippen molar-refractivity contribution >= 4 is 28.8 Å². The predicted octanol–water partition coefficient (Wildman–Crippen LogP) is 4.72. The largest absolute Gasteiger partial charge is 0.368 e. The summed E-state index contributed by atoms with van der Waals surface area (Å²) in [5.74, 6) is -0.488. The van der Waals surface area contributed by atoms with Crippen molar-refractivity contribution < 1.29 is 9.59 Å². The monoisotopic (exact) mass is 451 g/mol. The first-order chi connectivity index (χ1) is 16.4. The summed E-state index contributed by atoms with van der Waals surface area (Å²) in [4.78, 5) is 33.3. The number of rotatable bonds is 4. The van der Waals surface area contributed by atoms with Gasteiger partial charge in [0.1, 0.15) is 5.70 Å². The fraction of sp³-hybridized carbons (Fsp3) is 0.241. The topological polar surface area (TPSA) is 43.9 Å². The molecular weight excluding hydrogens is 422 g/mol. The van der Waals surface area contributed by atoms with Gasteiger partial charge < -0.3 is 9.80 Å². The number of benzene rings is 3. The van der Waals surface area contributed by atoms with E-state index in [0.717, 1.165) is 29.8 Å². The van der Waals surface area contributed by atoms with Crippen LogP contribution in [0.25, 0.3) is 5.57 Å². The highest BCUT2D eigenvalue weighted by Gasteiger charge is 2.43. The predicted molar refractivity (Wildman–Crippen MR) is 137 cm³/mol. The van der Waals surface area contributed by atoms with Gasteiger partial charge in [0, 0.05) is 31.9 Å². The molecule has 0 unspecified atom stereocenters. The van der Waals surface area contributed by atoms with Gasteiger partial charge in [-0.1, -0.05) is 60.2 Å². The van der Waals surface area contributed by atoms with Crippen LogP contribution >= 0.6 is 0 Å². The lowest BCUT2D eigenvalue weighted by molar-refractivity contribution is -0.120. The Morgan fingerprint density at radius 1 is 0.647 bits per heavy atom. The van der Waals surface area contributed by atoms with Crippen molar-refractivity contribution in [3.8, 4) is 0 Å². The summed E-state index contributed by atoms with van der Waals surface area (Å²) in [6.07, 6.45) is 0. The van der Waals surface area contributed by atoms with Gasteiger partial charge in [0.2, 0.25) is 0 Å². The highest BCUT2D eigenvalue weighted by atomic mass is 16.2. The standard InChI is InChI=1S/C29H29N3O2/c1-20-11-13-23(14-12-20)26-27(29(34)32(28(26)33)25-10-5-4-8-22(25)3)31-17-15-30(16-18-31)24-9-6-7-21(2)19-24/h4-14,19H,15-18H2,1-3H3. The lowest BCUT2D eigenvalue weighted by atomic mass is 10.0. The van der Waals surface area contributed by atoms with E-state index < -0.39 is 0 Å². The first kappa shape index (κ1) is 22.0. The number of carbonyl (C=O) groups excluding carboxylic acids is 2. The quantitative estimate of drug-likeness (QED) is 0.539. The lowest BCUT2D eigenvalue weighted by Crippen LogP contribution is -2.47. The zero-order valence-corrected chi connectivity index (χ0v) is 19.9. The molecule has 2 aliphatic heterocycles. The van der Waals surface area contributed by atoms with E-state index in [1.54, 1.807) is 0 Å². The summed E-state index contributed by atoms with van der Waals surface area (Å²) < 4.78 is 0. The Labute approximate surface area is 200 Å². The number of carbonyl (C=O) groups is 2. The zero-order valence-electron chi connectivity index (χ0n) is 19.9. The summed E-state index contributed by atoms with van der Waals surface area (Å²) in [5.41, 5.74) is 6.89. The Morgan fingerprint density at radius 3 is 2.00 bits per heavy atom. The fourth-order valence-electron chi connectivity index (χ4n) is 4.84. The van der Waals surface area contributed by atoms with Crippen LogP contribution < -0.4 is 9.80 Å². The van der Waals surface area contributed by atoms with Crippen LogP contribution in [-0.2, 0) is 9.59 Å². The summed E-state index contributed by atoms with van der Waals surface area (Å²) in [6, 6.07) is 23.9. The number of amides is 2. The second-order valence-electron chi connectivity index (χ2n) is 9.13. The third-order valence-electron chi connectivity index (χ3n) is 6.72. The molecule has 0 atom stereocenters. The molecule has 0 spiro atoms. The molecule has 5 heteroatoms. The third kappa shape index (κ3) is 3.87. The van der Waals surface area contributed by atoms with Crippen molar-refractivity contribution in [2.75, 3.05) is 36.0 Å². The van der Waals surface area contributed by atoms with Gasteiger partial charge in [0.15, 0.2) is 0 Å². The summed E-state index contributed by atoms with van der Waals surface area (Å²) in [5, 5.41) is 0. The molecule has 0 aromatic heterocycles. The molecule has 5 nitrogen and oxygen atoms in total. The van der Waals surface area contributed by atoms with Crippen LogP contribution in [0.5, 0.6) is 0 Å². The van der Waals surface area contributed by atoms with E-state index in [-0.39, 0.29) is 11.8 Å². The number of imide groups is 1. The molecule has 0 aliphatic carbocycles. The first-order valence-electron chi connectivity index (χ1n) is 11.8. The van der Waals surface area contributed by atoms with E-state index in [2.05, 4.69) is 41.0 Å². The summed E-state index contributed by atoms with van der Waals surface area (Å²) >= 11 is 0. The second-order valence-corrected chi connectivity index (χ2v) is 9.13. The van der Waals surface area contributed by atoms with Gasteiger partial charge >= 0.3 is 0 Å². The van der Waals surface area contributed by atoms with Gasteiger partial charge in [0.05, 0.1) is 11.3 Å². The third-order valence-corrected chi connectivity index (χ3v) is 6.72. The molecule has 5 rings (SSSR count). The molecule has 34 heavy (non-hydrogen) atoms. The molecule has 0 saturated carbocycles. The van der Waals surface area contributed by atoms with Crippen LogP contribution in [0.2, 0.25) is 0 Å². The Bertz CT molecular complexity index is 1280. The van der Waals surface area contributed by atoms with E-state index in [1.807, 2.05) is 62.4 Å². The molecule has 2 heterocycles. The van der Waals surface area contributed by atoms with Crippen molar-refractivity contribution in [2.45, 2.75) is 20.8 Å². The average Bonchev–Trinajstić information content (AvgIpc) is 3.10. The molecule has 3 aromatic carbocycles. The first-order valence-corrected chi connectivity index (χ1v) is 11.8. The number of piperazine rings is 1. The number of nitrogens with zero attached hydrogens (tertiary/aromatic N) is 3. The minimum Gasteiger partial charge on any atom is -0.368 e. The highest BCUT2D eigenvalue weighted by molar-refractivity contribution is 6.45. The van der Waals surface area contributed by atoms with Crippen molar-refractivity contribution in [3.05, 3.63) is 101 Å². The normalized spacial score (nSPS) is 16.6. The number of hydrogen-bond donors (Lipinski definition) is 0. The second kappa shape index (κ2) is 8.82. The number of aryl methyl sites for hydroxylation is 3. The van der Waals surface area contributed by atoms with Gasteiger partial charge in [-0.3, -0.25) is 9.59 Å². The molecule has 1 saturated heterocycles. The van der Waals surface area contributed by atoms with Crippen LogP contribution in [0.3, 0.4) is 0 Å². The Balaban J connectivity index is 1.50. The SMILES string of the molecule is Cc1ccc(C2=C(N3CCN(c4cccc(C)c4)CC3)C(=O)N(c3ccccc3C)C2=O)cc1. The van der Waals surface area contributed by atoms with Crippen LogP contribution in [0.15, 0.2) is 78.5 Å². The van der Waals surface area contributed by atoms with Crippen molar-refractivity contribution in [1.82, 2.24) is 4.90 Å². The van der Waals surface area contributed by atoms with Crippen LogP contribution in [0, 0.1) is 20.8 Å². The molecule has 172 valence electrons. The van der Waals surface area contributed by atoms with Gasteiger partial charge in [0.25, 0.3) is 11.8 Å². The molecular formula is C29H29N3O2. The molecule has 0 bridgehead atoms. The zero-order chi connectivity index (χ0) is 23.8. The van der Waals surface area contributed by atoms with Gasteiger partial charge in [-0.2, -0.15) is 0 Å². The molecule has 3 aromatic rings. The van der Waals surface area contributed by atoms with Crippen LogP contribution in [0.4, 0.5) is 11.4 Å². The summed E-state index contributed by atoms with van der Waals surface area (Å²) in [6.45, 7) is 8.99. The van der Waals surface area contributed by atoms with E-state index in [9.17, 15) is 9.59 Å². The lowest BCUT2D eigenvalue weighted by Gasteiger charge is -2.37. The highest BCUT2D eigenvalue weighted by Crippen LogP contribution is 2.36. The van der Waals surface area contributed by atoms with Crippen molar-refractivity contribution in [2.24, 2.45) is 0 Å².